The maximum absolute atomic E-state index is 4.62. The first kappa shape index (κ1) is 14.7. The van der Waals surface area contributed by atoms with Crippen molar-refractivity contribution >= 4 is 16.4 Å². The highest BCUT2D eigenvalue weighted by molar-refractivity contribution is 5.98. The van der Waals surface area contributed by atoms with Crippen LogP contribution in [0.1, 0.15) is 11.1 Å². The van der Waals surface area contributed by atoms with Gasteiger partial charge in [0.2, 0.25) is 0 Å². The number of nitrogens with one attached hydrogen (secondary N) is 1. The Labute approximate surface area is 148 Å². The number of aromatic nitrogens is 7. The highest BCUT2D eigenvalue weighted by Gasteiger charge is 2.14. The molecule has 0 fully saturated rings. The first-order valence-corrected chi connectivity index (χ1v) is 8.28. The number of tetrazole rings is 1. The Bertz CT molecular complexity index is 1250. The van der Waals surface area contributed by atoms with Crippen molar-refractivity contribution in [3.8, 4) is 22.5 Å². The Morgan fingerprint density at radius 1 is 1.04 bits per heavy atom. The predicted molar refractivity (Wildman–Crippen MR) is 98.6 cm³/mol. The van der Waals surface area contributed by atoms with Gasteiger partial charge in [0.25, 0.3) is 0 Å². The maximum atomic E-state index is 4.62. The van der Waals surface area contributed by atoms with Crippen LogP contribution in [0, 0.1) is 13.8 Å². The number of fused-ring (bicyclic) bond motifs is 2. The standard InChI is InChI=1S/C19H15N7/c1-11-3-6-15-13(7-11)5-4-12(2)17(15)14-8-20-19-16(9-21-26(19)10-14)18-22-24-25-23-18/h3-10H,1-2H3,(H,22,23,24,25). The zero-order valence-corrected chi connectivity index (χ0v) is 14.3. The number of aryl methyl sites for hydroxylation is 2. The molecule has 0 bridgehead atoms. The van der Waals surface area contributed by atoms with Crippen molar-refractivity contribution in [2.24, 2.45) is 0 Å². The summed E-state index contributed by atoms with van der Waals surface area (Å²) in [4.78, 5) is 4.62. The average molecular weight is 341 g/mol. The number of hydrogen-bond acceptors (Lipinski definition) is 5. The fourth-order valence-electron chi connectivity index (χ4n) is 3.39. The summed E-state index contributed by atoms with van der Waals surface area (Å²) in [7, 11) is 0. The van der Waals surface area contributed by atoms with Gasteiger partial charge in [-0.3, -0.25) is 0 Å². The van der Waals surface area contributed by atoms with Gasteiger partial charge >= 0.3 is 0 Å². The van der Waals surface area contributed by atoms with Crippen LogP contribution in [0.2, 0.25) is 0 Å². The number of nitrogens with zero attached hydrogens (tertiary/aromatic N) is 6. The van der Waals surface area contributed by atoms with Crippen LogP contribution in [0.5, 0.6) is 0 Å². The van der Waals surface area contributed by atoms with E-state index in [1.807, 2.05) is 12.4 Å². The number of benzene rings is 2. The fraction of sp³-hybridized carbons (Fsp3) is 0.105. The molecule has 0 aliphatic carbocycles. The summed E-state index contributed by atoms with van der Waals surface area (Å²) in [6.45, 7) is 4.23. The van der Waals surface area contributed by atoms with Crippen LogP contribution < -0.4 is 0 Å². The predicted octanol–water partition coefficient (Wildman–Crippen LogP) is 3.35. The summed E-state index contributed by atoms with van der Waals surface area (Å²) in [5, 5.41) is 20.8. The van der Waals surface area contributed by atoms with E-state index in [2.05, 4.69) is 74.9 Å². The largest absolute Gasteiger partial charge is 0.239 e. The van der Waals surface area contributed by atoms with Crippen LogP contribution in [0.25, 0.3) is 38.9 Å². The van der Waals surface area contributed by atoms with Crippen molar-refractivity contribution < 1.29 is 0 Å². The van der Waals surface area contributed by atoms with Crippen LogP contribution in [0.4, 0.5) is 0 Å². The third-order valence-corrected chi connectivity index (χ3v) is 4.63. The quantitative estimate of drug-likeness (QED) is 0.532. The molecule has 0 amide bonds. The van der Waals surface area contributed by atoms with Crippen LogP contribution in [0.3, 0.4) is 0 Å². The minimum absolute atomic E-state index is 0.553. The average Bonchev–Trinajstić information content (AvgIpc) is 3.30. The summed E-state index contributed by atoms with van der Waals surface area (Å²) >= 11 is 0. The van der Waals surface area contributed by atoms with Crippen molar-refractivity contribution in [2.75, 3.05) is 0 Å². The van der Waals surface area contributed by atoms with Gasteiger partial charge in [0.15, 0.2) is 11.5 Å². The van der Waals surface area contributed by atoms with Crippen molar-refractivity contribution in [3.05, 3.63) is 60.0 Å². The molecule has 1 N–H and O–H groups in total. The minimum atomic E-state index is 0.553. The first-order chi connectivity index (χ1) is 12.7. The second-order valence-corrected chi connectivity index (χ2v) is 6.40. The molecule has 0 saturated heterocycles. The molecular weight excluding hydrogens is 326 g/mol. The molecule has 5 aromatic rings. The summed E-state index contributed by atoms with van der Waals surface area (Å²) in [5.74, 6) is 0.553. The van der Waals surface area contributed by atoms with E-state index in [-0.39, 0.29) is 0 Å². The van der Waals surface area contributed by atoms with E-state index in [1.54, 1.807) is 10.7 Å². The normalized spacial score (nSPS) is 11.5. The monoisotopic (exact) mass is 341 g/mol. The molecule has 7 heteroatoms. The van der Waals surface area contributed by atoms with Crippen molar-refractivity contribution in [3.63, 3.8) is 0 Å². The lowest BCUT2D eigenvalue weighted by Gasteiger charge is -2.11. The Morgan fingerprint density at radius 2 is 1.96 bits per heavy atom. The number of hydrogen-bond donors (Lipinski definition) is 1. The number of rotatable bonds is 2. The smallest absolute Gasteiger partial charge is 0.184 e. The molecule has 3 aromatic heterocycles. The Morgan fingerprint density at radius 3 is 2.81 bits per heavy atom. The van der Waals surface area contributed by atoms with E-state index < -0.39 is 0 Å². The van der Waals surface area contributed by atoms with E-state index in [4.69, 9.17) is 0 Å². The molecule has 0 aliphatic heterocycles. The van der Waals surface area contributed by atoms with Gasteiger partial charge in [-0.2, -0.15) is 5.10 Å². The van der Waals surface area contributed by atoms with Crippen LogP contribution in [-0.2, 0) is 0 Å². The lowest BCUT2D eigenvalue weighted by Crippen LogP contribution is -1.94. The molecule has 7 nitrogen and oxygen atoms in total. The summed E-state index contributed by atoms with van der Waals surface area (Å²) in [6.07, 6.45) is 5.59. The van der Waals surface area contributed by atoms with Gasteiger partial charge in [-0.1, -0.05) is 35.9 Å². The van der Waals surface area contributed by atoms with Gasteiger partial charge in [-0.05, 0) is 46.2 Å². The van der Waals surface area contributed by atoms with Crippen molar-refractivity contribution in [1.29, 1.82) is 0 Å². The third-order valence-electron chi connectivity index (χ3n) is 4.63. The minimum Gasteiger partial charge on any atom is -0.239 e. The maximum Gasteiger partial charge on any atom is 0.184 e. The van der Waals surface area contributed by atoms with E-state index in [1.165, 1.54) is 27.5 Å². The fourth-order valence-corrected chi connectivity index (χ4v) is 3.39. The van der Waals surface area contributed by atoms with Crippen LogP contribution in [0.15, 0.2) is 48.9 Å². The molecule has 0 unspecified atom stereocenters. The number of aromatic amines is 1. The van der Waals surface area contributed by atoms with E-state index >= 15 is 0 Å². The van der Waals surface area contributed by atoms with Gasteiger partial charge in [0.1, 0.15) is 0 Å². The zero-order chi connectivity index (χ0) is 17.7. The second kappa shape index (κ2) is 5.45. The number of H-pyrrole nitrogens is 1. The van der Waals surface area contributed by atoms with Crippen molar-refractivity contribution in [2.45, 2.75) is 13.8 Å². The highest BCUT2D eigenvalue weighted by atomic mass is 15.5. The SMILES string of the molecule is Cc1ccc2c(-c3cnc4c(-c5nnn[nH]5)cnn4c3)c(C)ccc2c1. The van der Waals surface area contributed by atoms with Crippen LogP contribution in [-0.4, -0.2) is 35.2 Å². The third kappa shape index (κ3) is 2.17. The van der Waals surface area contributed by atoms with Gasteiger partial charge < -0.3 is 0 Å². The highest BCUT2D eigenvalue weighted by Crippen LogP contribution is 2.32. The molecule has 126 valence electrons. The molecule has 0 saturated carbocycles. The molecular formula is C19H15N7. The molecule has 0 atom stereocenters. The zero-order valence-electron chi connectivity index (χ0n) is 14.3. The Kier molecular flexibility index (Phi) is 3.08. The molecule has 0 spiro atoms. The summed E-state index contributed by atoms with van der Waals surface area (Å²) < 4.78 is 1.76. The lowest BCUT2D eigenvalue weighted by atomic mass is 9.95. The molecule has 0 aliphatic rings. The second-order valence-electron chi connectivity index (χ2n) is 6.40. The Balaban J connectivity index is 1.73. The van der Waals surface area contributed by atoms with Crippen molar-refractivity contribution in [1.82, 2.24) is 35.2 Å². The molecule has 2 aromatic carbocycles. The Hall–Kier alpha value is -3.61. The van der Waals surface area contributed by atoms with Gasteiger partial charge in [0, 0.05) is 18.0 Å². The summed E-state index contributed by atoms with van der Waals surface area (Å²) in [6, 6.07) is 10.8. The van der Waals surface area contributed by atoms with E-state index in [9.17, 15) is 0 Å². The molecule has 26 heavy (non-hydrogen) atoms. The van der Waals surface area contributed by atoms with E-state index in [0.717, 1.165) is 11.1 Å². The molecule has 3 heterocycles. The molecule has 5 rings (SSSR count). The first-order valence-electron chi connectivity index (χ1n) is 8.28. The van der Waals surface area contributed by atoms with E-state index in [0.29, 0.717) is 11.5 Å². The van der Waals surface area contributed by atoms with Crippen LogP contribution >= 0.6 is 0 Å². The topological polar surface area (TPSA) is 84.6 Å². The van der Waals surface area contributed by atoms with Gasteiger partial charge in [0.05, 0.1) is 11.8 Å². The van der Waals surface area contributed by atoms with Gasteiger partial charge in [-0.25, -0.2) is 14.6 Å². The molecule has 0 radical (unpaired) electrons. The van der Waals surface area contributed by atoms with Gasteiger partial charge in [-0.15, -0.1) is 5.10 Å². The lowest BCUT2D eigenvalue weighted by molar-refractivity contribution is 0.881. The summed E-state index contributed by atoms with van der Waals surface area (Å²) in [5.41, 5.74) is 6.13.